The van der Waals surface area contributed by atoms with Crippen LogP contribution in [-0.4, -0.2) is 49.1 Å². The Bertz CT molecular complexity index is 1150. The molecule has 1 aromatic heterocycles. The number of hydrogen-bond acceptors (Lipinski definition) is 4. The standard InChI is InChI=1S/C24H28FN2O5P/c1-16(2)23-21(12-13-33(31,32)15-20(28)14-22(29)30)27(19-10-8-18(25)9-11-19)24(26-23)17-6-4-3-5-7-17/h3-11,16,20,28H,12-15H2,1-2H3,(H,29,30)(H,31,32)/t20-/m0/s1. The first kappa shape index (κ1) is 24.8. The number of halogens is 1. The summed E-state index contributed by atoms with van der Waals surface area (Å²) in [5.74, 6) is -0.955. The van der Waals surface area contributed by atoms with Crippen LogP contribution in [-0.2, 0) is 15.8 Å². The minimum absolute atomic E-state index is 0.0137. The van der Waals surface area contributed by atoms with Crippen LogP contribution in [0.5, 0.6) is 0 Å². The number of aliphatic hydroxyl groups is 1. The Morgan fingerprint density at radius 3 is 2.33 bits per heavy atom. The van der Waals surface area contributed by atoms with E-state index in [-0.39, 0.29) is 24.3 Å². The summed E-state index contributed by atoms with van der Waals surface area (Å²) in [5, 5.41) is 18.6. The Labute approximate surface area is 192 Å². The molecule has 0 aliphatic heterocycles. The summed E-state index contributed by atoms with van der Waals surface area (Å²) in [6, 6.07) is 15.5. The summed E-state index contributed by atoms with van der Waals surface area (Å²) in [6.07, 6.45) is -2.45. The van der Waals surface area contributed by atoms with Crippen LogP contribution in [0.4, 0.5) is 4.39 Å². The molecule has 0 saturated carbocycles. The third-order valence-electron chi connectivity index (χ3n) is 5.27. The molecule has 2 atom stereocenters. The van der Waals surface area contributed by atoms with Crippen LogP contribution in [0.1, 0.15) is 37.6 Å². The van der Waals surface area contributed by atoms with Gasteiger partial charge < -0.3 is 15.1 Å². The first-order valence-electron chi connectivity index (χ1n) is 10.7. The van der Waals surface area contributed by atoms with Crippen LogP contribution >= 0.6 is 7.37 Å². The van der Waals surface area contributed by atoms with Gasteiger partial charge in [-0.25, -0.2) is 9.37 Å². The molecule has 3 N–H and O–H groups in total. The number of carboxylic acids is 1. The number of nitrogens with zero attached hydrogens (tertiary/aromatic N) is 2. The van der Waals surface area contributed by atoms with E-state index in [2.05, 4.69) is 0 Å². The Kier molecular flexibility index (Phi) is 7.84. The van der Waals surface area contributed by atoms with Crippen molar-refractivity contribution in [2.75, 3.05) is 12.3 Å². The number of benzene rings is 2. The largest absolute Gasteiger partial charge is 0.481 e. The molecule has 0 spiro atoms. The zero-order valence-corrected chi connectivity index (χ0v) is 19.5. The van der Waals surface area contributed by atoms with Crippen molar-refractivity contribution in [2.24, 2.45) is 0 Å². The topological polar surface area (TPSA) is 113 Å². The van der Waals surface area contributed by atoms with Gasteiger partial charge in [0.05, 0.1) is 24.4 Å². The van der Waals surface area contributed by atoms with Crippen molar-refractivity contribution in [1.82, 2.24) is 9.55 Å². The minimum Gasteiger partial charge on any atom is -0.481 e. The zero-order chi connectivity index (χ0) is 24.2. The van der Waals surface area contributed by atoms with E-state index in [0.717, 1.165) is 17.0 Å². The predicted octanol–water partition coefficient (Wildman–Crippen LogP) is 4.45. The molecule has 7 nitrogen and oxygen atoms in total. The maximum absolute atomic E-state index is 13.6. The van der Waals surface area contributed by atoms with Gasteiger partial charge >= 0.3 is 5.97 Å². The van der Waals surface area contributed by atoms with Crippen molar-refractivity contribution in [2.45, 2.75) is 38.7 Å². The normalized spacial score (nSPS) is 14.2. The zero-order valence-electron chi connectivity index (χ0n) is 18.6. The van der Waals surface area contributed by atoms with E-state index in [4.69, 9.17) is 10.1 Å². The fraction of sp³-hybridized carbons (Fsp3) is 0.333. The highest BCUT2D eigenvalue weighted by atomic mass is 31.2. The van der Waals surface area contributed by atoms with Crippen molar-refractivity contribution in [3.05, 3.63) is 71.8 Å². The van der Waals surface area contributed by atoms with Gasteiger partial charge in [0.15, 0.2) is 0 Å². The molecular formula is C24H28FN2O5P. The molecule has 33 heavy (non-hydrogen) atoms. The lowest BCUT2D eigenvalue weighted by Gasteiger charge is -2.18. The molecule has 0 bridgehead atoms. The Morgan fingerprint density at radius 1 is 1.12 bits per heavy atom. The van der Waals surface area contributed by atoms with Gasteiger partial charge in [0.2, 0.25) is 7.37 Å². The molecule has 3 rings (SSSR count). The molecule has 176 valence electrons. The number of hydrogen-bond donors (Lipinski definition) is 3. The lowest BCUT2D eigenvalue weighted by atomic mass is 10.1. The number of carbonyl (C=O) groups is 1. The second-order valence-electron chi connectivity index (χ2n) is 8.35. The molecule has 3 aromatic rings. The van der Waals surface area contributed by atoms with Gasteiger partial charge in [-0.3, -0.25) is 13.9 Å². The van der Waals surface area contributed by atoms with Gasteiger partial charge in [0.25, 0.3) is 0 Å². The molecule has 0 aliphatic carbocycles. The SMILES string of the molecule is CC(C)c1nc(-c2ccccc2)n(-c2ccc(F)cc2)c1CCP(=O)(O)C[C@@H](O)CC(=O)O. The van der Waals surface area contributed by atoms with E-state index in [1.807, 2.05) is 48.7 Å². The number of carboxylic acid groups (broad SMARTS) is 1. The second kappa shape index (κ2) is 10.4. The van der Waals surface area contributed by atoms with Gasteiger partial charge in [0.1, 0.15) is 11.6 Å². The first-order chi connectivity index (χ1) is 15.6. The quantitative estimate of drug-likeness (QED) is 0.374. The summed E-state index contributed by atoms with van der Waals surface area (Å²) in [5.41, 5.74) is 2.99. The molecule has 1 heterocycles. The van der Waals surface area contributed by atoms with E-state index < -0.39 is 32.0 Å². The van der Waals surface area contributed by atoms with Crippen molar-refractivity contribution < 1.29 is 28.9 Å². The van der Waals surface area contributed by atoms with E-state index in [1.165, 1.54) is 12.1 Å². The smallest absolute Gasteiger partial charge is 0.305 e. The average Bonchev–Trinajstić information content (AvgIpc) is 3.12. The van der Waals surface area contributed by atoms with E-state index in [0.29, 0.717) is 11.5 Å². The fourth-order valence-electron chi connectivity index (χ4n) is 3.79. The number of aliphatic carboxylic acids is 1. The Morgan fingerprint density at radius 2 is 1.76 bits per heavy atom. The summed E-state index contributed by atoms with van der Waals surface area (Å²) < 4.78 is 28.2. The fourth-order valence-corrected chi connectivity index (χ4v) is 5.32. The number of rotatable bonds is 10. The van der Waals surface area contributed by atoms with Crippen LogP contribution in [0.2, 0.25) is 0 Å². The maximum Gasteiger partial charge on any atom is 0.305 e. The Balaban J connectivity index is 2.04. The van der Waals surface area contributed by atoms with E-state index in [9.17, 15) is 23.7 Å². The lowest BCUT2D eigenvalue weighted by molar-refractivity contribution is -0.138. The van der Waals surface area contributed by atoms with Gasteiger partial charge in [-0.1, -0.05) is 44.2 Å². The average molecular weight is 474 g/mol. The monoisotopic (exact) mass is 474 g/mol. The molecule has 0 saturated heterocycles. The van der Waals surface area contributed by atoms with Crippen LogP contribution in [0.25, 0.3) is 17.1 Å². The molecule has 2 aromatic carbocycles. The minimum atomic E-state index is -3.82. The second-order valence-corrected chi connectivity index (χ2v) is 10.9. The van der Waals surface area contributed by atoms with Crippen LogP contribution in [0, 0.1) is 5.82 Å². The van der Waals surface area contributed by atoms with Crippen molar-refractivity contribution >= 4 is 13.3 Å². The molecule has 0 radical (unpaired) electrons. The maximum atomic E-state index is 13.6. The highest BCUT2D eigenvalue weighted by Crippen LogP contribution is 2.43. The van der Waals surface area contributed by atoms with E-state index >= 15 is 0 Å². The molecule has 0 amide bonds. The predicted molar refractivity (Wildman–Crippen MR) is 125 cm³/mol. The van der Waals surface area contributed by atoms with Crippen molar-refractivity contribution in [3.63, 3.8) is 0 Å². The highest BCUT2D eigenvalue weighted by molar-refractivity contribution is 7.58. The van der Waals surface area contributed by atoms with E-state index in [1.54, 1.807) is 12.1 Å². The molecule has 1 unspecified atom stereocenters. The third-order valence-corrected chi connectivity index (χ3v) is 7.19. The summed E-state index contributed by atoms with van der Waals surface area (Å²) in [4.78, 5) is 26.1. The molecule has 9 heteroatoms. The van der Waals surface area contributed by atoms with Gasteiger partial charge in [-0.2, -0.15) is 0 Å². The van der Waals surface area contributed by atoms with Gasteiger partial charge in [-0.15, -0.1) is 0 Å². The summed E-state index contributed by atoms with van der Waals surface area (Å²) in [7, 11) is -3.82. The number of imidazole rings is 1. The van der Waals surface area contributed by atoms with Gasteiger partial charge in [0, 0.05) is 23.1 Å². The third kappa shape index (κ3) is 6.38. The first-order valence-corrected chi connectivity index (χ1v) is 12.7. The highest BCUT2D eigenvalue weighted by Gasteiger charge is 2.28. The van der Waals surface area contributed by atoms with Crippen molar-refractivity contribution in [1.29, 1.82) is 0 Å². The van der Waals surface area contributed by atoms with Crippen LogP contribution in [0.15, 0.2) is 54.6 Å². The number of aliphatic hydroxyl groups excluding tert-OH is 1. The number of aromatic nitrogens is 2. The van der Waals surface area contributed by atoms with Gasteiger partial charge in [-0.05, 0) is 36.6 Å². The Hall–Kier alpha value is -2.80. The van der Waals surface area contributed by atoms with Crippen LogP contribution in [0.3, 0.4) is 0 Å². The van der Waals surface area contributed by atoms with Crippen molar-refractivity contribution in [3.8, 4) is 17.1 Å². The lowest BCUT2D eigenvalue weighted by Crippen LogP contribution is -2.19. The molecular weight excluding hydrogens is 446 g/mol. The molecule has 0 aliphatic rings. The summed E-state index contributed by atoms with van der Waals surface area (Å²) in [6.45, 7) is 3.95. The van der Waals surface area contributed by atoms with Crippen LogP contribution < -0.4 is 0 Å². The molecule has 0 fully saturated rings. The summed E-state index contributed by atoms with van der Waals surface area (Å²) >= 11 is 0.